The first-order valence-corrected chi connectivity index (χ1v) is 5.59. The second kappa shape index (κ2) is 4.87. The van der Waals surface area contributed by atoms with Crippen LogP contribution in [-0.2, 0) is 9.59 Å². The predicted octanol–water partition coefficient (Wildman–Crippen LogP) is 1.03. The number of amides is 2. The molecule has 0 aliphatic heterocycles. The Morgan fingerprint density at radius 1 is 1.33 bits per heavy atom. The zero-order chi connectivity index (χ0) is 13.1. The van der Waals surface area contributed by atoms with E-state index < -0.39 is 6.04 Å². The zero-order valence-corrected chi connectivity index (χ0v) is 10.2. The van der Waals surface area contributed by atoms with Crippen LogP contribution in [0.4, 0.5) is 5.95 Å². The van der Waals surface area contributed by atoms with Crippen LogP contribution < -0.4 is 10.6 Å². The number of carbonyl (C=O) groups excluding carboxylic acids is 2. The Morgan fingerprint density at radius 2 is 2.06 bits per heavy atom. The van der Waals surface area contributed by atoms with Crippen molar-refractivity contribution in [2.75, 3.05) is 5.32 Å². The van der Waals surface area contributed by atoms with Gasteiger partial charge in [0.25, 0.3) is 0 Å². The summed E-state index contributed by atoms with van der Waals surface area (Å²) >= 11 is 0. The summed E-state index contributed by atoms with van der Waals surface area (Å²) in [6, 6.07) is 6.87. The van der Waals surface area contributed by atoms with Crippen molar-refractivity contribution < 1.29 is 9.59 Å². The SMILES string of the molecule is CC(=O)NC(C)C(=O)Nc1nc2ccccc2[nH]1. The molecule has 94 valence electrons. The van der Waals surface area contributed by atoms with Gasteiger partial charge in [0.05, 0.1) is 11.0 Å². The summed E-state index contributed by atoms with van der Waals surface area (Å²) in [7, 11) is 0. The average molecular weight is 246 g/mol. The number of benzene rings is 1. The van der Waals surface area contributed by atoms with E-state index in [1.807, 2.05) is 24.3 Å². The van der Waals surface area contributed by atoms with E-state index in [2.05, 4.69) is 20.6 Å². The minimum atomic E-state index is -0.601. The van der Waals surface area contributed by atoms with Crippen LogP contribution in [0.1, 0.15) is 13.8 Å². The average Bonchev–Trinajstić information content (AvgIpc) is 2.69. The molecule has 1 heterocycles. The number of carbonyl (C=O) groups is 2. The molecule has 0 saturated heterocycles. The molecular formula is C12H14N4O2. The molecule has 0 radical (unpaired) electrons. The molecule has 0 saturated carbocycles. The van der Waals surface area contributed by atoms with Gasteiger partial charge in [0.2, 0.25) is 17.8 Å². The minimum absolute atomic E-state index is 0.248. The fraction of sp³-hybridized carbons (Fsp3) is 0.250. The quantitative estimate of drug-likeness (QED) is 0.755. The molecule has 2 aromatic rings. The van der Waals surface area contributed by atoms with Crippen molar-refractivity contribution in [3.8, 4) is 0 Å². The molecule has 6 heteroatoms. The maximum Gasteiger partial charge on any atom is 0.248 e. The summed E-state index contributed by atoms with van der Waals surface area (Å²) in [4.78, 5) is 29.8. The van der Waals surface area contributed by atoms with Crippen LogP contribution in [0.5, 0.6) is 0 Å². The van der Waals surface area contributed by atoms with Crippen LogP contribution in [0, 0.1) is 0 Å². The van der Waals surface area contributed by atoms with E-state index in [0.717, 1.165) is 11.0 Å². The molecule has 0 aliphatic carbocycles. The Bertz CT molecular complexity index is 558. The largest absolute Gasteiger partial charge is 0.345 e. The van der Waals surface area contributed by atoms with Crippen LogP contribution in [0.25, 0.3) is 11.0 Å². The number of anilines is 1. The highest BCUT2D eigenvalue weighted by Gasteiger charge is 2.15. The van der Waals surface area contributed by atoms with E-state index in [0.29, 0.717) is 5.95 Å². The molecule has 0 aliphatic rings. The number of hydrogen-bond donors (Lipinski definition) is 3. The van der Waals surface area contributed by atoms with Crippen molar-refractivity contribution >= 4 is 28.8 Å². The first kappa shape index (κ1) is 12.1. The first-order chi connectivity index (χ1) is 8.56. The van der Waals surface area contributed by atoms with E-state index in [-0.39, 0.29) is 11.8 Å². The lowest BCUT2D eigenvalue weighted by Crippen LogP contribution is -2.40. The summed E-state index contributed by atoms with van der Waals surface area (Å²) in [5.41, 5.74) is 1.62. The van der Waals surface area contributed by atoms with Gasteiger partial charge in [0.1, 0.15) is 6.04 Å². The number of nitrogens with one attached hydrogen (secondary N) is 3. The second-order valence-electron chi connectivity index (χ2n) is 4.01. The molecule has 0 bridgehead atoms. The highest BCUT2D eigenvalue weighted by atomic mass is 16.2. The zero-order valence-electron chi connectivity index (χ0n) is 10.2. The lowest BCUT2D eigenvalue weighted by atomic mass is 10.3. The molecule has 2 amide bonds. The third kappa shape index (κ3) is 2.65. The van der Waals surface area contributed by atoms with Gasteiger partial charge in [-0.2, -0.15) is 0 Å². The van der Waals surface area contributed by atoms with Crippen LogP contribution in [-0.4, -0.2) is 27.8 Å². The van der Waals surface area contributed by atoms with Gasteiger partial charge < -0.3 is 10.3 Å². The Labute approximate surface area is 104 Å². The van der Waals surface area contributed by atoms with Gasteiger partial charge in [-0.15, -0.1) is 0 Å². The Hall–Kier alpha value is -2.37. The number of rotatable bonds is 3. The lowest BCUT2D eigenvalue weighted by Gasteiger charge is -2.10. The Kier molecular flexibility index (Phi) is 3.27. The number of aromatic amines is 1. The molecular weight excluding hydrogens is 232 g/mol. The molecule has 0 spiro atoms. The number of nitrogens with zero attached hydrogens (tertiary/aromatic N) is 1. The highest BCUT2D eigenvalue weighted by molar-refractivity contribution is 5.96. The summed E-state index contributed by atoms with van der Waals surface area (Å²) in [5, 5.41) is 5.12. The molecule has 1 atom stereocenters. The van der Waals surface area contributed by atoms with Crippen molar-refractivity contribution in [2.24, 2.45) is 0 Å². The number of para-hydroxylation sites is 2. The number of fused-ring (bicyclic) bond motifs is 1. The maximum absolute atomic E-state index is 11.7. The molecule has 1 aromatic carbocycles. The fourth-order valence-corrected chi connectivity index (χ4v) is 1.61. The van der Waals surface area contributed by atoms with Crippen LogP contribution >= 0.6 is 0 Å². The van der Waals surface area contributed by atoms with Crippen molar-refractivity contribution in [1.29, 1.82) is 0 Å². The van der Waals surface area contributed by atoms with E-state index in [4.69, 9.17) is 0 Å². The topological polar surface area (TPSA) is 86.9 Å². The molecule has 3 N–H and O–H groups in total. The van der Waals surface area contributed by atoms with Crippen molar-refractivity contribution in [3.63, 3.8) is 0 Å². The molecule has 0 fully saturated rings. The third-order valence-electron chi connectivity index (χ3n) is 2.44. The third-order valence-corrected chi connectivity index (χ3v) is 2.44. The smallest absolute Gasteiger partial charge is 0.248 e. The number of hydrogen-bond acceptors (Lipinski definition) is 3. The van der Waals surface area contributed by atoms with E-state index in [1.165, 1.54) is 6.92 Å². The Balaban J connectivity index is 2.09. The monoisotopic (exact) mass is 246 g/mol. The van der Waals surface area contributed by atoms with Crippen LogP contribution in [0.15, 0.2) is 24.3 Å². The molecule has 1 unspecified atom stereocenters. The summed E-state index contributed by atoms with van der Waals surface area (Å²) < 4.78 is 0. The predicted molar refractivity (Wildman–Crippen MR) is 68.0 cm³/mol. The van der Waals surface area contributed by atoms with Gasteiger partial charge in [-0.05, 0) is 19.1 Å². The summed E-state index contributed by atoms with van der Waals surface area (Å²) in [6.45, 7) is 2.98. The van der Waals surface area contributed by atoms with Gasteiger partial charge in [0, 0.05) is 6.92 Å². The van der Waals surface area contributed by atoms with E-state index >= 15 is 0 Å². The summed E-state index contributed by atoms with van der Waals surface area (Å²) in [5.74, 6) is -0.190. The molecule has 2 rings (SSSR count). The number of H-pyrrole nitrogens is 1. The molecule has 18 heavy (non-hydrogen) atoms. The van der Waals surface area contributed by atoms with Gasteiger partial charge in [-0.3, -0.25) is 14.9 Å². The Morgan fingerprint density at radius 3 is 2.72 bits per heavy atom. The van der Waals surface area contributed by atoms with E-state index in [1.54, 1.807) is 6.92 Å². The fourth-order valence-electron chi connectivity index (χ4n) is 1.61. The highest BCUT2D eigenvalue weighted by Crippen LogP contribution is 2.13. The summed E-state index contributed by atoms with van der Waals surface area (Å²) in [6.07, 6.45) is 0. The van der Waals surface area contributed by atoms with Gasteiger partial charge in [0.15, 0.2) is 0 Å². The lowest BCUT2D eigenvalue weighted by molar-refractivity contribution is -0.124. The maximum atomic E-state index is 11.7. The van der Waals surface area contributed by atoms with Crippen molar-refractivity contribution in [3.05, 3.63) is 24.3 Å². The first-order valence-electron chi connectivity index (χ1n) is 5.59. The van der Waals surface area contributed by atoms with Gasteiger partial charge in [-0.1, -0.05) is 12.1 Å². The minimum Gasteiger partial charge on any atom is -0.345 e. The molecule has 1 aromatic heterocycles. The van der Waals surface area contributed by atoms with Crippen LogP contribution in [0.3, 0.4) is 0 Å². The normalized spacial score (nSPS) is 12.1. The molecule has 6 nitrogen and oxygen atoms in total. The van der Waals surface area contributed by atoms with Gasteiger partial charge in [-0.25, -0.2) is 4.98 Å². The number of imidazole rings is 1. The van der Waals surface area contributed by atoms with Crippen molar-refractivity contribution in [2.45, 2.75) is 19.9 Å². The standard InChI is InChI=1S/C12H14N4O2/c1-7(13-8(2)17)11(18)16-12-14-9-5-3-4-6-10(9)15-12/h3-7H,1-2H3,(H,13,17)(H2,14,15,16,18). The van der Waals surface area contributed by atoms with Gasteiger partial charge >= 0.3 is 0 Å². The van der Waals surface area contributed by atoms with Crippen LogP contribution in [0.2, 0.25) is 0 Å². The van der Waals surface area contributed by atoms with E-state index in [9.17, 15) is 9.59 Å². The van der Waals surface area contributed by atoms with Crippen molar-refractivity contribution in [1.82, 2.24) is 15.3 Å². The second-order valence-corrected chi connectivity index (χ2v) is 4.01. The number of aromatic nitrogens is 2.